The Hall–Kier alpha value is -1.58. The van der Waals surface area contributed by atoms with Gasteiger partial charge in [-0.3, -0.25) is 4.79 Å². The molecule has 0 aliphatic rings. The molecule has 94 valence electrons. The molecule has 0 unspecified atom stereocenters. The van der Waals surface area contributed by atoms with E-state index in [0.29, 0.717) is 5.82 Å². The number of amides is 1. The highest BCUT2D eigenvalue weighted by Crippen LogP contribution is 2.15. The average Bonchev–Trinajstić information content (AvgIpc) is 2.23. The zero-order chi connectivity index (χ0) is 13.0. The molecule has 0 fully saturated rings. The summed E-state index contributed by atoms with van der Waals surface area (Å²) in [7, 11) is 0. The number of hydrogen-bond donors (Lipinski definition) is 2. The second-order valence-electron chi connectivity index (χ2n) is 4.58. The van der Waals surface area contributed by atoms with Crippen molar-refractivity contribution < 1.29 is 4.79 Å². The number of pyridine rings is 1. The Labute approximate surface area is 103 Å². The Morgan fingerprint density at radius 3 is 2.59 bits per heavy atom. The maximum Gasteiger partial charge on any atom is 0.240 e. The van der Waals surface area contributed by atoms with Crippen LogP contribution in [0.4, 0.5) is 5.82 Å². The van der Waals surface area contributed by atoms with E-state index in [4.69, 9.17) is 5.73 Å². The summed E-state index contributed by atoms with van der Waals surface area (Å²) >= 11 is 0. The van der Waals surface area contributed by atoms with Crippen LogP contribution in [0.3, 0.4) is 0 Å². The normalized spacial score (nSPS) is 14.1. The lowest BCUT2D eigenvalue weighted by Gasteiger charge is -2.22. The minimum absolute atomic E-state index is 0.190. The largest absolute Gasteiger partial charge is 0.368 e. The molecule has 1 aromatic rings. The standard InChI is InChI=1S/C13H21N3O/c1-5-9(3)12(13(14)17)16-11-7-8(2)6-10(4)15-11/h6-7,9,12H,5H2,1-4H3,(H2,14,17)(H,15,16)/t9-,12-/m0/s1. The maximum atomic E-state index is 11.4. The molecule has 3 N–H and O–H groups in total. The summed E-state index contributed by atoms with van der Waals surface area (Å²) < 4.78 is 0. The SMILES string of the molecule is CC[C@H](C)[C@H](Nc1cc(C)cc(C)n1)C(N)=O. The van der Waals surface area contributed by atoms with Gasteiger partial charge in [-0.05, 0) is 37.5 Å². The predicted molar refractivity (Wildman–Crippen MR) is 69.8 cm³/mol. The molecule has 0 aliphatic carbocycles. The number of carbonyl (C=O) groups is 1. The summed E-state index contributed by atoms with van der Waals surface area (Å²) in [5.41, 5.74) is 7.46. The fourth-order valence-corrected chi connectivity index (χ4v) is 1.80. The number of primary amides is 1. The van der Waals surface area contributed by atoms with Crippen LogP contribution in [-0.2, 0) is 4.79 Å². The van der Waals surface area contributed by atoms with Gasteiger partial charge in [-0.15, -0.1) is 0 Å². The van der Waals surface area contributed by atoms with Gasteiger partial charge >= 0.3 is 0 Å². The van der Waals surface area contributed by atoms with E-state index in [1.807, 2.05) is 39.8 Å². The Morgan fingerprint density at radius 2 is 2.12 bits per heavy atom. The van der Waals surface area contributed by atoms with Crippen molar-refractivity contribution >= 4 is 11.7 Å². The van der Waals surface area contributed by atoms with Gasteiger partial charge in [0.25, 0.3) is 0 Å². The fraction of sp³-hybridized carbons (Fsp3) is 0.538. The first-order valence-electron chi connectivity index (χ1n) is 5.95. The van der Waals surface area contributed by atoms with Crippen molar-refractivity contribution in [3.8, 4) is 0 Å². The van der Waals surface area contributed by atoms with Crippen LogP contribution >= 0.6 is 0 Å². The lowest BCUT2D eigenvalue weighted by Crippen LogP contribution is -2.40. The van der Waals surface area contributed by atoms with Crippen molar-refractivity contribution in [2.75, 3.05) is 5.32 Å². The van der Waals surface area contributed by atoms with Gasteiger partial charge < -0.3 is 11.1 Å². The van der Waals surface area contributed by atoms with Gasteiger partial charge in [0.2, 0.25) is 5.91 Å². The van der Waals surface area contributed by atoms with E-state index in [9.17, 15) is 4.79 Å². The zero-order valence-electron chi connectivity index (χ0n) is 10.9. The van der Waals surface area contributed by atoms with Gasteiger partial charge in [0.15, 0.2) is 0 Å². The molecule has 1 aromatic heterocycles. The van der Waals surface area contributed by atoms with Gasteiger partial charge in [0.05, 0.1) is 0 Å². The first-order chi connectivity index (χ1) is 7.93. The smallest absolute Gasteiger partial charge is 0.240 e. The van der Waals surface area contributed by atoms with Crippen LogP contribution in [-0.4, -0.2) is 16.9 Å². The summed E-state index contributed by atoms with van der Waals surface area (Å²) in [6.45, 7) is 7.98. The summed E-state index contributed by atoms with van der Waals surface area (Å²) in [5.74, 6) is 0.571. The number of aryl methyl sites for hydroxylation is 2. The maximum absolute atomic E-state index is 11.4. The Bertz CT molecular complexity index is 383. The molecule has 2 atom stereocenters. The van der Waals surface area contributed by atoms with Crippen molar-refractivity contribution in [2.24, 2.45) is 11.7 Å². The van der Waals surface area contributed by atoms with Gasteiger partial charge in [-0.25, -0.2) is 4.98 Å². The highest BCUT2D eigenvalue weighted by atomic mass is 16.1. The molecule has 1 heterocycles. The van der Waals surface area contributed by atoms with Crippen LogP contribution in [0.1, 0.15) is 31.5 Å². The molecular formula is C13H21N3O. The van der Waals surface area contributed by atoms with E-state index < -0.39 is 0 Å². The molecule has 0 radical (unpaired) electrons. The minimum Gasteiger partial charge on any atom is -0.368 e. The first kappa shape index (κ1) is 13.5. The summed E-state index contributed by atoms with van der Waals surface area (Å²) in [6.07, 6.45) is 0.894. The fourth-order valence-electron chi connectivity index (χ4n) is 1.80. The lowest BCUT2D eigenvalue weighted by atomic mass is 9.98. The minimum atomic E-state index is -0.367. The molecule has 4 heteroatoms. The monoisotopic (exact) mass is 235 g/mol. The predicted octanol–water partition coefficient (Wildman–Crippen LogP) is 2.01. The lowest BCUT2D eigenvalue weighted by molar-refractivity contribution is -0.119. The molecule has 1 amide bonds. The Morgan fingerprint density at radius 1 is 1.47 bits per heavy atom. The molecule has 17 heavy (non-hydrogen) atoms. The Balaban J connectivity index is 2.89. The quantitative estimate of drug-likeness (QED) is 0.820. The van der Waals surface area contributed by atoms with E-state index in [0.717, 1.165) is 17.7 Å². The molecule has 0 aromatic carbocycles. The number of anilines is 1. The second kappa shape index (κ2) is 5.66. The van der Waals surface area contributed by atoms with Crippen LogP contribution in [0.5, 0.6) is 0 Å². The summed E-state index contributed by atoms with van der Waals surface area (Å²) in [6, 6.07) is 3.55. The summed E-state index contributed by atoms with van der Waals surface area (Å²) in [4.78, 5) is 15.8. The molecular weight excluding hydrogens is 214 g/mol. The highest BCUT2D eigenvalue weighted by Gasteiger charge is 2.21. The van der Waals surface area contributed by atoms with Crippen LogP contribution in [0, 0.1) is 19.8 Å². The van der Waals surface area contributed by atoms with Gasteiger partial charge in [-0.2, -0.15) is 0 Å². The topological polar surface area (TPSA) is 68.0 Å². The van der Waals surface area contributed by atoms with Gasteiger partial charge in [0, 0.05) is 5.69 Å². The van der Waals surface area contributed by atoms with Crippen molar-refractivity contribution in [2.45, 2.75) is 40.2 Å². The van der Waals surface area contributed by atoms with Crippen molar-refractivity contribution in [3.05, 3.63) is 23.4 Å². The summed E-state index contributed by atoms with van der Waals surface area (Å²) in [5, 5.41) is 3.13. The molecule has 1 rings (SSSR count). The number of rotatable bonds is 5. The number of hydrogen-bond acceptors (Lipinski definition) is 3. The van der Waals surface area contributed by atoms with Crippen LogP contribution in [0.15, 0.2) is 12.1 Å². The molecule has 4 nitrogen and oxygen atoms in total. The molecule has 0 spiro atoms. The second-order valence-corrected chi connectivity index (χ2v) is 4.58. The van der Waals surface area contributed by atoms with E-state index >= 15 is 0 Å². The van der Waals surface area contributed by atoms with Crippen molar-refractivity contribution in [3.63, 3.8) is 0 Å². The number of aromatic nitrogens is 1. The van der Waals surface area contributed by atoms with Gasteiger partial charge in [0.1, 0.15) is 11.9 Å². The number of nitrogens with zero attached hydrogens (tertiary/aromatic N) is 1. The number of nitrogens with one attached hydrogen (secondary N) is 1. The third-order valence-electron chi connectivity index (χ3n) is 2.92. The van der Waals surface area contributed by atoms with E-state index in [1.54, 1.807) is 0 Å². The third kappa shape index (κ3) is 3.73. The number of nitrogens with two attached hydrogens (primary N) is 1. The third-order valence-corrected chi connectivity index (χ3v) is 2.92. The van der Waals surface area contributed by atoms with Crippen LogP contribution in [0.25, 0.3) is 0 Å². The molecule has 0 saturated carbocycles. The molecule has 0 aliphatic heterocycles. The average molecular weight is 235 g/mol. The molecule has 0 bridgehead atoms. The van der Waals surface area contributed by atoms with Gasteiger partial charge in [-0.1, -0.05) is 20.3 Å². The highest BCUT2D eigenvalue weighted by molar-refractivity contribution is 5.83. The van der Waals surface area contributed by atoms with Crippen LogP contribution < -0.4 is 11.1 Å². The van der Waals surface area contributed by atoms with Crippen molar-refractivity contribution in [1.29, 1.82) is 0 Å². The van der Waals surface area contributed by atoms with Crippen molar-refractivity contribution in [1.82, 2.24) is 4.98 Å². The van der Waals surface area contributed by atoms with E-state index in [1.165, 1.54) is 0 Å². The van der Waals surface area contributed by atoms with E-state index in [2.05, 4.69) is 10.3 Å². The molecule has 0 saturated heterocycles. The Kier molecular flexibility index (Phi) is 4.49. The first-order valence-corrected chi connectivity index (χ1v) is 5.95. The van der Waals surface area contributed by atoms with E-state index in [-0.39, 0.29) is 17.9 Å². The zero-order valence-corrected chi connectivity index (χ0v) is 10.9. The van der Waals surface area contributed by atoms with Crippen LogP contribution in [0.2, 0.25) is 0 Å². The number of carbonyl (C=O) groups excluding carboxylic acids is 1.